The van der Waals surface area contributed by atoms with E-state index < -0.39 is 0 Å². The molecule has 1 fully saturated rings. The minimum atomic E-state index is -0.364. The van der Waals surface area contributed by atoms with Crippen molar-refractivity contribution in [3.8, 4) is 0 Å². The molecule has 152 valence electrons. The van der Waals surface area contributed by atoms with E-state index in [9.17, 15) is 9.18 Å². The Labute approximate surface area is 171 Å². The van der Waals surface area contributed by atoms with Crippen molar-refractivity contribution in [2.75, 3.05) is 42.1 Å². The second kappa shape index (κ2) is 8.66. The molecule has 0 atom stereocenters. The molecule has 0 saturated carbocycles. The number of anilines is 3. The molecule has 0 bridgehead atoms. The normalized spacial score (nSPS) is 17.9. The summed E-state index contributed by atoms with van der Waals surface area (Å²) in [7, 11) is 0. The lowest BCUT2D eigenvalue weighted by atomic mass is 10.1. The molecule has 3 N–H and O–H groups in total. The van der Waals surface area contributed by atoms with Crippen LogP contribution in [0.4, 0.5) is 21.5 Å². The number of likely N-dealkylation sites (tertiary alicyclic amines) is 1. The standard InChI is InChI=1S/C23H27FN4O/c1-16-13-18(6-8-21(16)25-9-12-28-10-3-2-4-11-28)26-15-20-19-7-5-17(24)14-22(19)27-23(20)29/h5-8,13-15,25-26H,2-4,9-12H2,1H3,(H,27,29)/b20-15+. The molecule has 0 unspecified atom stereocenters. The third-order valence-electron chi connectivity index (χ3n) is 5.57. The lowest BCUT2D eigenvalue weighted by molar-refractivity contribution is -0.110. The summed E-state index contributed by atoms with van der Waals surface area (Å²) in [6, 6.07) is 10.4. The zero-order chi connectivity index (χ0) is 20.2. The molecule has 0 aliphatic carbocycles. The number of nitrogens with zero attached hydrogens (tertiary/aromatic N) is 1. The van der Waals surface area contributed by atoms with Gasteiger partial charge in [0.25, 0.3) is 5.91 Å². The average molecular weight is 394 g/mol. The van der Waals surface area contributed by atoms with Gasteiger partial charge in [0.15, 0.2) is 0 Å². The summed E-state index contributed by atoms with van der Waals surface area (Å²) in [5, 5.41) is 9.42. The Morgan fingerprint density at radius 3 is 2.76 bits per heavy atom. The predicted octanol–water partition coefficient (Wildman–Crippen LogP) is 4.44. The first kappa shape index (κ1) is 19.5. The zero-order valence-electron chi connectivity index (χ0n) is 16.7. The highest BCUT2D eigenvalue weighted by molar-refractivity contribution is 6.31. The number of fused-ring (bicyclic) bond motifs is 1. The Bertz CT molecular complexity index is 934. The van der Waals surface area contributed by atoms with Crippen molar-refractivity contribution in [3.63, 3.8) is 0 Å². The van der Waals surface area contributed by atoms with Gasteiger partial charge in [0.1, 0.15) is 5.82 Å². The third-order valence-corrected chi connectivity index (χ3v) is 5.57. The lowest BCUT2D eigenvalue weighted by Crippen LogP contribution is -2.33. The molecule has 2 heterocycles. The van der Waals surface area contributed by atoms with E-state index in [0.29, 0.717) is 16.8 Å². The van der Waals surface area contributed by atoms with E-state index in [1.165, 1.54) is 44.5 Å². The smallest absolute Gasteiger partial charge is 0.257 e. The SMILES string of the molecule is Cc1cc(N/C=C2/C(=O)Nc3cc(F)ccc32)ccc1NCCN1CCCCC1. The average Bonchev–Trinajstić information content (AvgIpc) is 3.02. The Hall–Kier alpha value is -2.86. The van der Waals surface area contributed by atoms with E-state index in [1.54, 1.807) is 12.3 Å². The number of aryl methyl sites for hydroxylation is 1. The van der Waals surface area contributed by atoms with Gasteiger partial charge in [0, 0.05) is 36.2 Å². The summed E-state index contributed by atoms with van der Waals surface area (Å²) in [4.78, 5) is 14.7. The fourth-order valence-corrected chi connectivity index (χ4v) is 3.95. The minimum Gasteiger partial charge on any atom is -0.384 e. The van der Waals surface area contributed by atoms with E-state index in [-0.39, 0.29) is 11.7 Å². The number of hydrogen-bond donors (Lipinski definition) is 3. The second-order valence-electron chi connectivity index (χ2n) is 7.71. The molecule has 6 heteroatoms. The molecule has 5 nitrogen and oxygen atoms in total. The van der Waals surface area contributed by atoms with Crippen molar-refractivity contribution in [2.24, 2.45) is 0 Å². The molecular formula is C23H27FN4O. The molecule has 1 saturated heterocycles. The minimum absolute atomic E-state index is 0.231. The maximum atomic E-state index is 13.3. The van der Waals surface area contributed by atoms with Crippen LogP contribution in [0.5, 0.6) is 0 Å². The van der Waals surface area contributed by atoms with Crippen LogP contribution >= 0.6 is 0 Å². The largest absolute Gasteiger partial charge is 0.384 e. The fraction of sp³-hybridized carbons (Fsp3) is 0.348. The number of carbonyl (C=O) groups excluding carboxylic acids is 1. The predicted molar refractivity (Wildman–Crippen MR) is 117 cm³/mol. The van der Waals surface area contributed by atoms with Crippen molar-refractivity contribution < 1.29 is 9.18 Å². The van der Waals surface area contributed by atoms with Gasteiger partial charge in [-0.1, -0.05) is 6.42 Å². The van der Waals surface area contributed by atoms with Gasteiger partial charge in [-0.3, -0.25) is 4.79 Å². The molecular weight excluding hydrogens is 367 g/mol. The first-order valence-corrected chi connectivity index (χ1v) is 10.2. The summed E-state index contributed by atoms with van der Waals surface area (Å²) in [6.07, 6.45) is 5.66. The van der Waals surface area contributed by atoms with E-state index >= 15 is 0 Å². The van der Waals surface area contributed by atoms with Crippen LogP contribution in [0.15, 0.2) is 42.6 Å². The quantitative estimate of drug-likeness (QED) is 0.634. The first-order valence-electron chi connectivity index (χ1n) is 10.2. The monoisotopic (exact) mass is 394 g/mol. The summed E-state index contributed by atoms with van der Waals surface area (Å²) < 4.78 is 13.3. The highest BCUT2D eigenvalue weighted by atomic mass is 19.1. The van der Waals surface area contributed by atoms with Crippen molar-refractivity contribution in [2.45, 2.75) is 26.2 Å². The Balaban J connectivity index is 1.37. The number of piperidine rings is 1. The number of amides is 1. The zero-order valence-corrected chi connectivity index (χ0v) is 16.7. The summed E-state index contributed by atoms with van der Waals surface area (Å²) in [5.74, 6) is -0.594. The van der Waals surface area contributed by atoms with Crippen molar-refractivity contribution in [1.29, 1.82) is 0 Å². The maximum Gasteiger partial charge on any atom is 0.257 e. The van der Waals surface area contributed by atoms with Crippen molar-refractivity contribution >= 4 is 28.5 Å². The van der Waals surface area contributed by atoms with Gasteiger partial charge in [-0.15, -0.1) is 0 Å². The van der Waals surface area contributed by atoms with Crippen LogP contribution in [0.25, 0.3) is 5.57 Å². The lowest BCUT2D eigenvalue weighted by Gasteiger charge is -2.26. The molecule has 2 aliphatic heterocycles. The van der Waals surface area contributed by atoms with Crippen LogP contribution in [-0.4, -0.2) is 37.0 Å². The van der Waals surface area contributed by atoms with Gasteiger partial charge in [-0.2, -0.15) is 0 Å². The molecule has 0 aromatic heterocycles. The van der Waals surface area contributed by atoms with Gasteiger partial charge in [-0.05, 0) is 74.8 Å². The number of hydrogen-bond acceptors (Lipinski definition) is 4. The summed E-state index contributed by atoms with van der Waals surface area (Å²) in [5.41, 5.74) is 4.88. The Morgan fingerprint density at radius 1 is 1.14 bits per heavy atom. The van der Waals surface area contributed by atoms with Gasteiger partial charge in [-0.25, -0.2) is 4.39 Å². The number of carbonyl (C=O) groups is 1. The molecule has 2 aromatic carbocycles. The number of nitrogens with one attached hydrogen (secondary N) is 3. The van der Waals surface area contributed by atoms with Gasteiger partial charge in [0.05, 0.1) is 11.3 Å². The third kappa shape index (κ3) is 4.59. The van der Waals surface area contributed by atoms with Crippen LogP contribution in [0.1, 0.15) is 30.4 Å². The van der Waals surface area contributed by atoms with Gasteiger partial charge >= 0.3 is 0 Å². The van der Waals surface area contributed by atoms with Crippen molar-refractivity contribution in [1.82, 2.24) is 4.90 Å². The number of benzene rings is 2. The highest BCUT2D eigenvalue weighted by Gasteiger charge is 2.24. The van der Waals surface area contributed by atoms with Crippen molar-refractivity contribution in [3.05, 3.63) is 59.5 Å². The highest BCUT2D eigenvalue weighted by Crippen LogP contribution is 2.32. The Kier molecular flexibility index (Phi) is 5.81. The first-order chi connectivity index (χ1) is 14.1. The summed E-state index contributed by atoms with van der Waals surface area (Å²) in [6.45, 7) is 6.50. The van der Waals surface area contributed by atoms with Crippen LogP contribution in [-0.2, 0) is 4.79 Å². The van der Waals surface area contributed by atoms with E-state index in [2.05, 4.69) is 39.9 Å². The van der Waals surface area contributed by atoms with E-state index in [1.807, 2.05) is 6.07 Å². The fourth-order valence-electron chi connectivity index (χ4n) is 3.95. The maximum absolute atomic E-state index is 13.3. The second-order valence-corrected chi connectivity index (χ2v) is 7.71. The molecule has 1 amide bonds. The number of rotatable bonds is 6. The van der Waals surface area contributed by atoms with Gasteiger partial charge in [0.2, 0.25) is 0 Å². The number of halogens is 1. The topological polar surface area (TPSA) is 56.4 Å². The molecule has 4 rings (SSSR count). The van der Waals surface area contributed by atoms with Crippen LogP contribution in [0.3, 0.4) is 0 Å². The Morgan fingerprint density at radius 2 is 1.97 bits per heavy atom. The summed E-state index contributed by atoms with van der Waals surface area (Å²) >= 11 is 0. The van der Waals surface area contributed by atoms with Gasteiger partial charge < -0.3 is 20.9 Å². The molecule has 0 radical (unpaired) electrons. The molecule has 2 aliphatic rings. The molecule has 0 spiro atoms. The molecule has 29 heavy (non-hydrogen) atoms. The molecule has 2 aromatic rings. The van der Waals surface area contributed by atoms with Crippen LogP contribution in [0, 0.1) is 12.7 Å². The van der Waals surface area contributed by atoms with E-state index in [4.69, 9.17) is 0 Å². The van der Waals surface area contributed by atoms with Crippen LogP contribution < -0.4 is 16.0 Å². The van der Waals surface area contributed by atoms with E-state index in [0.717, 1.165) is 30.0 Å². The van der Waals surface area contributed by atoms with Crippen LogP contribution in [0.2, 0.25) is 0 Å².